The highest BCUT2D eigenvalue weighted by Gasteiger charge is 2.17. The maximum absolute atomic E-state index is 12.0. The van der Waals surface area contributed by atoms with Gasteiger partial charge >= 0.3 is 0 Å². The third-order valence-corrected chi connectivity index (χ3v) is 3.60. The molecule has 1 unspecified atom stereocenters. The number of hydrogen-bond acceptors (Lipinski definition) is 2. The molecule has 1 aromatic rings. The van der Waals surface area contributed by atoms with Crippen LogP contribution < -0.4 is 5.73 Å². The summed E-state index contributed by atoms with van der Waals surface area (Å²) in [6.45, 7) is 2.48. The number of hydrogen-bond donors (Lipinski definition) is 1. The Labute approximate surface area is 116 Å². The molecule has 94 valence electrons. The Bertz CT molecular complexity index is 395. The van der Waals surface area contributed by atoms with Crippen LogP contribution in [0.1, 0.15) is 25.3 Å². The summed E-state index contributed by atoms with van der Waals surface area (Å²) in [6, 6.07) is 5.58. The van der Waals surface area contributed by atoms with E-state index in [-0.39, 0.29) is 11.7 Å². The largest absolute Gasteiger partial charge is 0.330 e. The first-order valence-electron chi connectivity index (χ1n) is 5.75. The van der Waals surface area contributed by atoms with Gasteiger partial charge in [0.1, 0.15) is 5.78 Å². The van der Waals surface area contributed by atoms with Gasteiger partial charge in [-0.05, 0) is 24.1 Å². The second kappa shape index (κ2) is 7.14. The Morgan fingerprint density at radius 3 is 2.76 bits per heavy atom. The number of halogens is 2. The van der Waals surface area contributed by atoms with Gasteiger partial charge in [0, 0.05) is 28.4 Å². The van der Waals surface area contributed by atoms with Crippen molar-refractivity contribution in [2.24, 2.45) is 11.7 Å². The summed E-state index contributed by atoms with van der Waals surface area (Å²) < 4.78 is 0.919. The zero-order valence-electron chi connectivity index (χ0n) is 9.88. The molecule has 2 N–H and O–H groups in total. The summed E-state index contributed by atoms with van der Waals surface area (Å²) in [6.07, 6.45) is 2.19. The molecule has 0 aliphatic rings. The van der Waals surface area contributed by atoms with Gasteiger partial charge in [-0.25, -0.2) is 0 Å². The van der Waals surface area contributed by atoms with Gasteiger partial charge in [-0.3, -0.25) is 4.79 Å². The van der Waals surface area contributed by atoms with E-state index < -0.39 is 0 Å². The lowest BCUT2D eigenvalue weighted by atomic mass is 9.94. The molecule has 1 rings (SSSR count). The molecule has 0 radical (unpaired) electrons. The maximum atomic E-state index is 12.0. The molecular weight excluding hydrogens is 302 g/mol. The lowest BCUT2D eigenvalue weighted by Gasteiger charge is -2.13. The molecule has 0 spiro atoms. The van der Waals surface area contributed by atoms with Gasteiger partial charge in [-0.2, -0.15) is 0 Å². The fraction of sp³-hybridized carbons (Fsp3) is 0.462. The van der Waals surface area contributed by atoms with Crippen LogP contribution in [0.4, 0.5) is 0 Å². The monoisotopic (exact) mass is 317 g/mol. The molecule has 1 atom stereocenters. The summed E-state index contributed by atoms with van der Waals surface area (Å²) in [5.74, 6) is 0.137. The predicted octanol–water partition coefficient (Wildman–Crippen LogP) is 3.59. The Kier molecular flexibility index (Phi) is 6.17. The Hall–Kier alpha value is -0.380. The standard InChI is InChI=1S/C13H17BrClNO/c1-2-3-10(8-16)13(17)6-9-4-5-11(14)7-12(9)15/h4-5,7,10H,2-3,6,8,16H2,1H3. The molecule has 1 aromatic carbocycles. The first-order chi connectivity index (χ1) is 8.08. The molecule has 0 saturated heterocycles. The van der Waals surface area contributed by atoms with Crippen LogP contribution in [0, 0.1) is 5.92 Å². The van der Waals surface area contributed by atoms with Crippen molar-refractivity contribution in [2.45, 2.75) is 26.2 Å². The van der Waals surface area contributed by atoms with Gasteiger partial charge in [0.2, 0.25) is 0 Å². The van der Waals surface area contributed by atoms with Crippen LogP contribution in [0.25, 0.3) is 0 Å². The predicted molar refractivity (Wildman–Crippen MR) is 75.3 cm³/mol. The van der Waals surface area contributed by atoms with Crippen molar-refractivity contribution in [3.63, 3.8) is 0 Å². The Morgan fingerprint density at radius 2 is 2.24 bits per heavy atom. The average Bonchev–Trinajstić information content (AvgIpc) is 2.29. The quantitative estimate of drug-likeness (QED) is 0.871. The molecule has 17 heavy (non-hydrogen) atoms. The molecule has 4 heteroatoms. The lowest BCUT2D eigenvalue weighted by molar-refractivity contribution is -0.122. The van der Waals surface area contributed by atoms with Crippen LogP contribution >= 0.6 is 27.5 Å². The maximum Gasteiger partial charge on any atom is 0.141 e. The zero-order valence-corrected chi connectivity index (χ0v) is 12.2. The topological polar surface area (TPSA) is 43.1 Å². The number of carbonyl (C=O) groups is 1. The van der Waals surface area contributed by atoms with Crippen molar-refractivity contribution >= 4 is 33.3 Å². The summed E-state index contributed by atoms with van der Waals surface area (Å²) in [4.78, 5) is 12.0. The van der Waals surface area contributed by atoms with Crippen molar-refractivity contribution in [2.75, 3.05) is 6.54 Å². The summed E-state index contributed by atoms with van der Waals surface area (Å²) in [5, 5.41) is 0.625. The number of Topliss-reactive ketones (excluding diaryl/α,β-unsaturated/α-hetero) is 1. The van der Waals surface area contributed by atoms with Gasteiger partial charge in [0.25, 0.3) is 0 Å². The Balaban J connectivity index is 2.73. The minimum atomic E-state index is -0.0419. The Morgan fingerprint density at radius 1 is 1.53 bits per heavy atom. The van der Waals surface area contributed by atoms with Crippen molar-refractivity contribution < 1.29 is 4.79 Å². The van der Waals surface area contributed by atoms with Gasteiger partial charge < -0.3 is 5.73 Å². The number of rotatable bonds is 6. The minimum absolute atomic E-state index is 0.0419. The van der Waals surface area contributed by atoms with Gasteiger partial charge in [-0.15, -0.1) is 0 Å². The van der Waals surface area contributed by atoms with Crippen LogP contribution in [0.5, 0.6) is 0 Å². The van der Waals surface area contributed by atoms with Crippen LogP contribution in [-0.2, 0) is 11.2 Å². The molecule has 0 aliphatic carbocycles. The van der Waals surface area contributed by atoms with E-state index in [0.29, 0.717) is 18.0 Å². The van der Waals surface area contributed by atoms with Crippen LogP contribution in [0.15, 0.2) is 22.7 Å². The highest BCUT2D eigenvalue weighted by molar-refractivity contribution is 9.10. The summed E-state index contributed by atoms with van der Waals surface area (Å²) in [5.41, 5.74) is 6.48. The van der Waals surface area contributed by atoms with E-state index in [1.807, 2.05) is 12.1 Å². The molecule has 0 bridgehead atoms. The molecule has 0 heterocycles. The third-order valence-electron chi connectivity index (χ3n) is 2.76. The van der Waals surface area contributed by atoms with Crippen LogP contribution in [0.2, 0.25) is 5.02 Å². The minimum Gasteiger partial charge on any atom is -0.330 e. The van der Waals surface area contributed by atoms with Gasteiger partial charge in [0.15, 0.2) is 0 Å². The molecule has 0 amide bonds. The van der Waals surface area contributed by atoms with E-state index in [2.05, 4.69) is 22.9 Å². The average molecular weight is 319 g/mol. The van der Waals surface area contributed by atoms with E-state index >= 15 is 0 Å². The second-order valence-electron chi connectivity index (χ2n) is 4.10. The molecular formula is C13H17BrClNO. The summed E-state index contributed by atoms with van der Waals surface area (Å²) in [7, 11) is 0. The van der Waals surface area contributed by atoms with E-state index in [1.165, 1.54) is 0 Å². The SMILES string of the molecule is CCCC(CN)C(=O)Cc1ccc(Br)cc1Cl. The van der Waals surface area contributed by atoms with Gasteiger partial charge in [0.05, 0.1) is 0 Å². The van der Waals surface area contributed by atoms with E-state index in [1.54, 1.807) is 6.07 Å². The van der Waals surface area contributed by atoms with Crippen molar-refractivity contribution in [3.8, 4) is 0 Å². The van der Waals surface area contributed by atoms with E-state index in [9.17, 15) is 4.79 Å². The zero-order chi connectivity index (χ0) is 12.8. The highest BCUT2D eigenvalue weighted by Crippen LogP contribution is 2.23. The molecule has 0 saturated carbocycles. The third kappa shape index (κ3) is 4.41. The van der Waals surface area contributed by atoms with E-state index in [0.717, 1.165) is 22.9 Å². The molecule has 0 aromatic heterocycles. The van der Waals surface area contributed by atoms with Crippen LogP contribution in [-0.4, -0.2) is 12.3 Å². The number of benzene rings is 1. The fourth-order valence-corrected chi connectivity index (χ4v) is 2.50. The molecule has 0 aliphatic heterocycles. The van der Waals surface area contributed by atoms with Crippen molar-refractivity contribution in [3.05, 3.63) is 33.3 Å². The van der Waals surface area contributed by atoms with Crippen molar-refractivity contribution in [1.29, 1.82) is 0 Å². The fourth-order valence-electron chi connectivity index (χ4n) is 1.76. The lowest BCUT2D eigenvalue weighted by Crippen LogP contribution is -2.25. The number of carbonyl (C=O) groups excluding carboxylic acids is 1. The first kappa shape index (κ1) is 14.7. The smallest absolute Gasteiger partial charge is 0.141 e. The van der Waals surface area contributed by atoms with Crippen LogP contribution in [0.3, 0.4) is 0 Å². The second-order valence-corrected chi connectivity index (χ2v) is 5.42. The molecule has 2 nitrogen and oxygen atoms in total. The normalized spacial score (nSPS) is 12.5. The number of ketones is 1. The highest BCUT2D eigenvalue weighted by atomic mass is 79.9. The summed E-state index contributed by atoms with van der Waals surface area (Å²) >= 11 is 9.43. The van der Waals surface area contributed by atoms with Gasteiger partial charge in [-0.1, -0.05) is 46.9 Å². The van der Waals surface area contributed by atoms with E-state index in [4.69, 9.17) is 17.3 Å². The first-order valence-corrected chi connectivity index (χ1v) is 6.92. The van der Waals surface area contributed by atoms with Crippen molar-refractivity contribution in [1.82, 2.24) is 0 Å². The number of nitrogens with two attached hydrogens (primary N) is 1. The molecule has 0 fully saturated rings.